The molecular weight excluding hydrogens is 354 g/mol. The van der Waals surface area contributed by atoms with E-state index in [2.05, 4.69) is 41.8 Å². The van der Waals surface area contributed by atoms with Crippen LogP contribution in [0.3, 0.4) is 0 Å². The predicted octanol–water partition coefficient (Wildman–Crippen LogP) is 4.58. The van der Waals surface area contributed by atoms with Gasteiger partial charge in [-0.2, -0.15) is 0 Å². The van der Waals surface area contributed by atoms with E-state index in [1.54, 1.807) is 11.8 Å². The first-order valence-electron chi connectivity index (χ1n) is 9.64. The molecule has 0 radical (unpaired) electrons. The minimum absolute atomic E-state index is 0.227. The number of benzene rings is 2. The molecule has 2 aromatic carbocycles. The van der Waals surface area contributed by atoms with Gasteiger partial charge < -0.3 is 9.47 Å². The maximum atomic E-state index is 12.7. The third kappa shape index (κ3) is 4.03. The fraction of sp³-hybridized carbons (Fsp3) is 0.364. The van der Waals surface area contributed by atoms with E-state index >= 15 is 0 Å². The monoisotopic (exact) mass is 379 g/mol. The normalized spacial score (nSPS) is 17.4. The van der Waals surface area contributed by atoms with Crippen LogP contribution >= 0.6 is 11.8 Å². The summed E-state index contributed by atoms with van der Waals surface area (Å²) in [5.74, 6) is 0.674. The summed E-state index contributed by atoms with van der Waals surface area (Å²) in [5.41, 5.74) is 3.33. The van der Waals surface area contributed by atoms with Crippen LogP contribution in [0.4, 0.5) is 0 Å². The van der Waals surface area contributed by atoms with Crippen LogP contribution in [0, 0.1) is 0 Å². The van der Waals surface area contributed by atoms with Crippen molar-refractivity contribution in [1.29, 1.82) is 0 Å². The Kier molecular flexibility index (Phi) is 5.48. The van der Waals surface area contributed by atoms with Gasteiger partial charge in [-0.05, 0) is 43.9 Å². The Hall–Kier alpha value is -2.27. The predicted molar refractivity (Wildman–Crippen MR) is 111 cm³/mol. The highest BCUT2D eigenvalue weighted by Crippen LogP contribution is 2.26. The molecule has 140 valence electrons. The van der Waals surface area contributed by atoms with Gasteiger partial charge in [0.1, 0.15) is 0 Å². The number of likely N-dealkylation sites (tertiary alicyclic amines) is 1. The zero-order chi connectivity index (χ0) is 18.6. The van der Waals surface area contributed by atoms with Gasteiger partial charge in [0.05, 0.1) is 23.3 Å². The fourth-order valence-corrected chi connectivity index (χ4v) is 4.66. The minimum atomic E-state index is 0.227. The number of nitrogens with zero attached hydrogens (tertiary/aromatic N) is 3. The summed E-state index contributed by atoms with van der Waals surface area (Å²) in [6.07, 6.45) is 3.46. The molecule has 1 fully saturated rings. The van der Waals surface area contributed by atoms with Crippen LogP contribution in [0.1, 0.15) is 31.7 Å². The Labute approximate surface area is 164 Å². The largest absolute Gasteiger partial charge is 0.339 e. The molecule has 1 aromatic heterocycles. The molecule has 1 aliphatic heterocycles. The van der Waals surface area contributed by atoms with Crippen LogP contribution in [0.2, 0.25) is 0 Å². The van der Waals surface area contributed by atoms with E-state index in [9.17, 15) is 4.79 Å². The number of imidazole rings is 1. The average molecular weight is 380 g/mol. The molecule has 0 unspecified atom stereocenters. The lowest BCUT2D eigenvalue weighted by Gasteiger charge is -2.33. The number of hydrogen-bond donors (Lipinski definition) is 0. The summed E-state index contributed by atoms with van der Waals surface area (Å²) in [6.45, 7) is 3.81. The standard InChI is InChI=1S/C22H25N3OS/c1-17-9-7-8-14-24(17)21(26)16-27-22-23-19-12-5-6-13-20(19)25(22)15-18-10-3-2-4-11-18/h2-6,10-13,17H,7-9,14-16H2,1H3/t17-/m1/s1. The molecule has 0 spiro atoms. The first kappa shape index (κ1) is 18.1. The fourth-order valence-electron chi connectivity index (χ4n) is 3.76. The summed E-state index contributed by atoms with van der Waals surface area (Å²) in [5, 5.41) is 0.915. The van der Waals surface area contributed by atoms with Crippen LogP contribution in [0.5, 0.6) is 0 Å². The molecule has 0 saturated carbocycles. The zero-order valence-corrected chi connectivity index (χ0v) is 16.5. The van der Waals surface area contributed by atoms with E-state index in [4.69, 9.17) is 4.98 Å². The molecule has 27 heavy (non-hydrogen) atoms. The first-order valence-corrected chi connectivity index (χ1v) is 10.6. The molecule has 0 aliphatic carbocycles. The molecule has 4 rings (SSSR count). The Morgan fingerprint density at radius 2 is 1.89 bits per heavy atom. The van der Waals surface area contributed by atoms with E-state index in [1.165, 1.54) is 12.0 Å². The highest BCUT2D eigenvalue weighted by atomic mass is 32.2. The van der Waals surface area contributed by atoms with E-state index in [1.807, 2.05) is 29.2 Å². The van der Waals surface area contributed by atoms with Gasteiger partial charge in [0.15, 0.2) is 5.16 Å². The number of aromatic nitrogens is 2. The van der Waals surface area contributed by atoms with Gasteiger partial charge in [0.25, 0.3) is 0 Å². The van der Waals surface area contributed by atoms with Crippen molar-refractivity contribution in [3.8, 4) is 0 Å². The van der Waals surface area contributed by atoms with Gasteiger partial charge in [0, 0.05) is 12.6 Å². The second-order valence-electron chi connectivity index (χ2n) is 7.18. The molecular formula is C22H25N3OS. The van der Waals surface area contributed by atoms with Gasteiger partial charge >= 0.3 is 0 Å². The Bertz CT molecular complexity index is 922. The first-order chi connectivity index (χ1) is 13.2. The minimum Gasteiger partial charge on any atom is -0.339 e. The lowest BCUT2D eigenvalue weighted by Crippen LogP contribution is -2.43. The maximum Gasteiger partial charge on any atom is 0.233 e. The third-order valence-corrected chi connectivity index (χ3v) is 6.21. The number of fused-ring (bicyclic) bond motifs is 1. The molecule has 1 aliphatic rings. The summed E-state index contributed by atoms with van der Waals surface area (Å²) < 4.78 is 2.22. The van der Waals surface area contributed by atoms with E-state index in [0.29, 0.717) is 11.8 Å². The third-order valence-electron chi connectivity index (χ3n) is 5.25. The van der Waals surface area contributed by atoms with Crippen molar-refractivity contribution >= 4 is 28.7 Å². The number of hydrogen-bond acceptors (Lipinski definition) is 3. The van der Waals surface area contributed by atoms with Gasteiger partial charge in [-0.25, -0.2) is 4.98 Å². The number of amides is 1. The highest BCUT2D eigenvalue weighted by molar-refractivity contribution is 7.99. The molecule has 2 heterocycles. The summed E-state index contributed by atoms with van der Waals surface area (Å²) >= 11 is 1.56. The van der Waals surface area contributed by atoms with Gasteiger partial charge in [0.2, 0.25) is 5.91 Å². The molecule has 1 atom stereocenters. The lowest BCUT2D eigenvalue weighted by atomic mass is 10.0. The Balaban J connectivity index is 1.55. The quantitative estimate of drug-likeness (QED) is 0.609. The zero-order valence-electron chi connectivity index (χ0n) is 15.7. The maximum absolute atomic E-state index is 12.7. The number of piperidine rings is 1. The number of rotatable bonds is 5. The molecule has 1 amide bonds. The molecule has 3 aromatic rings. The molecule has 4 nitrogen and oxygen atoms in total. The number of thioether (sulfide) groups is 1. The molecule has 5 heteroatoms. The van der Waals surface area contributed by atoms with E-state index in [-0.39, 0.29) is 5.91 Å². The average Bonchev–Trinajstić information content (AvgIpc) is 3.05. The SMILES string of the molecule is C[C@@H]1CCCCN1C(=O)CSc1nc2ccccc2n1Cc1ccccc1. The smallest absolute Gasteiger partial charge is 0.233 e. The molecule has 0 N–H and O–H groups in total. The van der Waals surface area contributed by atoms with Crippen LogP contribution < -0.4 is 0 Å². The second-order valence-corrected chi connectivity index (χ2v) is 8.12. The van der Waals surface area contributed by atoms with Crippen LogP contribution in [-0.2, 0) is 11.3 Å². The van der Waals surface area contributed by atoms with E-state index < -0.39 is 0 Å². The second kappa shape index (κ2) is 8.17. The van der Waals surface area contributed by atoms with Crippen molar-refractivity contribution in [2.24, 2.45) is 0 Å². The van der Waals surface area contributed by atoms with Gasteiger partial charge in [-0.3, -0.25) is 4.79 Å². The van der Waals surface area contributed by atoms with Crippen molar-refractivity contribution in [3.05, 3.63) is 60.2 Å². The van der Waals surface area contributed by atoms with Crippen molar-refractivity contribution in [2.75, 3.05) is 12.3 Å². The van der Waals surface area contributed by atoms with Gasteiger partial charge in [-0.1, -0.05) is 54.2 Å². The molecule has 1 saturated heterocycles. The summed E-state index contributed by atoms with van der Waals surface area (Å²) in [6, 6.07) is 19.0. The Morgan fingerprint density at radius 3 is 2.70 bits per heavy atom. The van der Waals surface area contributed by atoms with Crippen LogP contribution in [0.25, 0.3) is 11.0 Å². The number of carbonyl (C=O) groups is 1. The van der Waals surface area contributed by atoms with Crippen LogP contribution in [0.15, 0.2) is 59.8 Å². The Morgan fingerprint density at radius 1 is 1.11 bits per heavy atom. The van der Waals surface area contributed by atoms with Crippen molar-refractivity contribution in [3.63, 3.8) is 0 Å². The van der Waals surface area contributed by atoms with Crippen molar-refractivity contribution in [2.45, 2.75) is 43.9 Å². The van der Waals surface area contributed by atoms with Crippen molar-refractivity contribution in [1.82, 2.24) is 14.5 Å². The number of para-hydroxylation sites is 2. The molecule has 0 bridgehead atoms. The van der Waals surface area contributed by atoms with E-state index in [0.717, 1.165) is 42.1 Å². The summed E-state index contributed by atoms with van der Waals surface area (Å²) in [7, 11) is 0. The topological polar surface area (TPSA) is 38.1 Å². The lowest BCUT2D eigenvalue weighted by molar-refractivity contribution is -0.131. The number of carbonyl (C=O) groups excluding carboxylic acids is 1. The highest BCUT2D eigenvalue weighted by Gasteiger charge is 2.23. The van der Waals surface area contributed by atoms with Crippen LogP contribution in [-0.4, -0.2) is 38.7 Å². The van der Waals surface area contributed by atoms with Gasteiger partial charge in [-0.15, -0.1) is 0 Å². The van der Waals surface area contributed by atoms with Crippen molar-refractivity contribution < 1.29 is 4.79 Å². The summed E-state index contributed by atoms with van der Waals surface area (Å²) in [4.78, 5) is 19.6.